The van der Waals surface area contributed by atoms with Crippen molar-refractivity contribution < 1.29 is 22.7 Å². The van der Waals surface area contributed by atoms with E-state index in [-0.39, 0.29) is 11.4 Å². The topological polar surface area (TPSA) is 83.5 Å². The first-order chi connectivity index (χ1) is 10.4. The molecule has 7 heteroatoms. The van der Waals surface area contributed by atoms with Crippen LogP contribution in [0.25, 0.3) is 0 Å². The Balaban J connectivity index is 2.05. The Hall–Kier alpha value is -1.73. The number of carboxylic acids is 1. The minimum atomic E-state index is -3.84. The third-order valence-corrected chi connectivity index (χ3v) is 5.06. The molecule has 0 unspecified atom stereocenters. The molecule has 1 aliphatic carbocycles. The van der Waals surface area contributed by atoms with Crippen molar-refractivity contribution in [2.75, 3.05) is 6.54 Å². The lowest BCUT2D eigenvalue weighted by Gasteiger charge is -2.13. The molecule has 22 heavy (non-hydrogen) atoms. The molecule has 2 rings (SSSR count). The quantitative estimate of drug-likeness (QED) is 0.787. The second kappa shape index (κ2) is 7.02. The molecule has 0 aromatic heterocycles. The summed E-state index contributed by atoms with van der Waals surface area (Å²) in [4.78, 5) is 10.6. The number of hydrogen-bond acceptors (Lipinski definition) is 3. The molecule has 1 aromatic rings. The van der Waals surface area contributed by atoms with Crippen molar-refractivity contribution in [1.29, 1.82) is 0 Å². The lowest BCUT2D eigenvalue weighted by atomic mass is 9.97. The van der Waals surface area contributed by atoms with Crippen molar-refractivity contribution >= 4 is 16.0 Å². The predicted molar refractivity (Wildman–Crippen MR) is 79.7 cm³/mol. The van der Waals surface area contributed by atoms with Crippen LogP contribution >= 0.6 is 0 Å². The highest BCUT2D eigenvalue weighted by molar-refractivity contribution is 7.89. The van der Waals surface area contributed by atoms with Crippen LogP contribution < -0.4 is 4.72 Å². The smallest absolute Gasteiger partial charge is 0.338 e. The Morgan fingerprint density at radius 2 is 2.09 bits per heavy atom. The molecule has 2 N–H and O–H groups in total. The highest BCUT2D eigenvalue weighted by atomic mass is 32.2. The van der Waals surface area contributed by atoms with Gasteiger partial charge < -0.3 is 5.11 Å². The third kappa shape index (κ3) is 4.14. The Kier molecular flexibility index (Phi) is 5.31. The zero-order valence-electron chi connectivity index (χ0n) is 12.0. The van der Waals surface area contributed by atoms with Gasteiger partial charge in [0.15, 0.2) is 0 Å². The molecule has 1 aromatic carbocycles. The molecule has 0 saturated carbocycles. The van der Waals surface area contributed by atoms with Crippen LogP contribution in [0.2, 0.25) is 0 Å². The SMILES string of the molecule is O=C(O)c1cc(S(=O)(=O)NCCC2=CCCCC2)ccc1F. The highest BCUT2D eigenvalue weighted by Crippen LogP contribution is 2.20. The van der Waals surface area contributed by atoms with E-state index in [1.54, 1.807) is 0 Å². The van der Waals surface area contributed by atoms with E-state index in [1.807, 2.05) is 0 Å². The molecular weight excluding hydrogens is 309 g/mol. The van der Waals surface area contributed by atoms with Gasteiger partial charge in [0, 0.05) is 6.54 Å². The molecule has 0 amide bonds. The van der Waals surface area contributed by atoms with E-state index in [2.05, 4.69) is 10.8 Å². The van der Waals surface area contributed by atoms with Gasteiger partial charge in [-0.15, -0.1) is 0 Å². The first-order valence-corrected chi connectivity index (χ1v) is 8.59. The number of carbonyl (C=O) groups is 1. The Labute approximate surface area is 128 Å². The van der Waals surface area contributed by atoms with E-state index >= 15 is 0 Å². The fraction of sp³-hybridized carbons (Fsp3) is 0.400. The van der Waals surface area contributed by atoms with Crippen LogP contribution in [0.4, 0.5) is 4.39 Å². The van der Waals surface area contributed by atoms with Crippen LogP contribution in [-0.4, -0.2) is 26.0 Å². The highest BCUT2D eigenvalue weighted by Gasteiger charge is 2.19. The van der Waals surface area contributed by atoms with Crippen molar-refractivity contribution in [3.05, 3.63) is 41.2 Å². The molecule has 0 heterocycles. The summed E-state index contributed by atoms with van der Waals surface area (Å²) in [5.74, 6) is -2.46. The third-order valence-electron chi connectivity index (χ3n) is 3.60. The number of halogens is 1. The van der Waals surface area contributed by atoms with E-state index in [4.69, 9.17) is 5.11 Å². The van der Waals surface area contributed by atoms with E-state index < -0.39 is 27.4 Å². The maximum Gasteiger partial charge on any atom is 0.338 e. The zero-order chi connectivity index (χ0) is 16.2. The first-order valence-electron chi connectivity index (χ1n) is 7.10. The minimum absolute atomic E-state index is 0.244. The summed E-state index contributed by atoms with van der Waals surface area (Å²) < 4.78 is 40.0. The normalized spacial score (nSPS) is 15.4. The largest absolute Gasteiger partial charge is 0.478 e. The fourth-order valence-electron chi connectivity index (χ4n) is 2.40. The monoisotopic (exact) mass is 327 g/mol. The summed E-state index contributed by atoms with van der Waals surface area (Å²) in [7, 11) is -3.84. The predicted octanol–water partition coefficient (Wildman–Crippen LogP) is 2.69. The fourth-order valence-corrected chi connectivity index (χ4v) is 3.45. The molecular formula is C15H18FNO4S. The van der Waals surface area contributed by atoms with E-state index in [0.717, 1.165) is 37.5 Å². The molecule has 0 radical (unpaired) electrons. The maximum absolute atomic E-state index is 13.3. The Morgan fingerprint density at radius 3 is 2.73 bits per heavy atom. The standard InChI is InChI=1S/C15H18FNO4S/c16-14-7-6-12(10-13(14)15(18)19)22(20,21)17-9-8-11-4-2-1-3-5-11/h4,6-7,10,17H,1-3,5,8-9H2,(H,18,19). The Morgan fingerprint density at radius 1 is 1.32 bits per heavy atom. The maximum atomic E-state index is 13.3. The molecule has 0 bridgehead atoms. The van der Waals surface area contributed by atoms with Crippen LogP contribution in [0.5, 0.6) is 0 Å². The summed E-state index contributed by atoms with van der Waals surface area (Å²) in [5, 5.41) is 8.84. The average Bonchev–Trinajstić information content (AvgIpc) is 2.48. The first kappa shape index (κ1) is 16.6. The second-order valence-corrected chi connectivity index (χ2v) is 6.97. The summed E-state index contributed by atoms with van der Waals surface area (Å²) >= 11 is 0. The van der Waals surface area contributed by atoms with Crippen LogP contribution in [0.15, 0.2) is 34.7 Å². The van der Waals surface area contributed by atoms with Crippen molar-refractivity contribution in [2.24, 2.45) is 0 Å². The molecule has 120 valence electrons. The number of aromatic carboxylic acids is 1. The number of sulfonamides is 1. The average molecular weight is 327 g/mol. The van der Waals surface area contributed by atoms with E-state index in [1.165, 1.54) is 12.0 Å². The minimum Gasteiger partial charge on any atom is -0.478 e. The lowest BCUT2D eigenvalue weighted by Crippen LogP contribution is -2.25. The van der Waals surface area contributed by atoms with Crippen LogP contribution in [0, 0.1) is 5.82 Å². The van der Waals surface area contributed by atoms with Crippen molar-refractivity contribution in [1.82, 2.24) is 4.72 Å². The van der Waals surface area contributed by atoms with Gasteiger partial charge in [-0.05, 0) is 50.3 Å². The second-order valence-electron chi connectivity index (χ2n) is 5.20. The number of allylic oxidation sites excluding steroid dienone is 1. The molecule has 0 aliphatic heterocycles. The summed E-state index contributed by atoms with van der Waals surface area (Å²) in [6, 6.07) is 2.74. The van der Waals surface area contributed by atoms with Crippen LogP contribution in [-0.2, 0) is 10.0 Å². The van der Waals surface area contributed by atoms with Gasteiger partial charge in [0.1, 0.15) is 5.82 Å². The number of hydrogen-bond donors (Lipinski definition) is 2. The van der Waals surface area contributed by atoms with Gasteiger partial charge >= 0.3 is 5.97 Å². The van der Waals surface area contributed by atoms with Gasteiger partial charge in [-0.1, -0.05) is 11.6 Å². The van der Waals surface area contributed by atoms with E-state index in [0.29, 0.717) is 6.42 Å². The summed E-state index contributed by atoms with van der Waals surface area (Å²) in [6.07, 6.45) is 7.08. The molecule has 0 atom stereocenters. The van der Waals surface area contributed by atoms with Crippen molar-refractivity contribution in [3.63, 3.8) is 0 Å². The molecule has 0 spiro atoms. The Bertz CT molecular complexity index is 697. The summed E-state index contributed by atoms with van der Waals surface area (Å²) in [5.41, 5.74) is 0.581. The van der Waals surface area contributed by atoms with E-state index in [9.17, 15) is 17.6 Å². The van der Waals surface area contributed by atoms with Crippen molar-refractivity contribution in [2.45, 2.75) is 37.0 Å². The van der Waals surface area contributed by atoms with Crippen LogP contribution in [0.1, 0.15) is 42.5 Å². The van der Waals surface area contributed by atoms with Gasteiger partial charge in [0.25, 0.3) is 0 Å². The number of benzene rings is 1. The number of carboxylic acid groups (broad SMARTS) is 1. The molecule has 0 saturated heterocycles. The van der Waals surface area contributed by atoms with Crippen LogP contribution in [0.3, 0.4) is 0 Å². The van der Waals surface area contributed by atoms with Gasteiger partial charge in [0.05, 0.1) is 10.5 Å². The molecule has 1 aliphatic rings. The summed E-state index contributed by atoms with van der Waals surface area (Å²) in [6.45, 7) is 0.244. The van der Waals surface area contributed by atoms with Gasteiger partial charge in [-0.3, -0.25) is 0 Å². The van der Waals surface area contributed by atoms with Gasteiger partial charge in [-0.25, -0.2) is 22.3 Å². The number of rotatable bonds is 6. The van der Waals surface area contributed by atoms with Crippen molar-refractivity contribution in [3.8, 4) is 0 Å². The van der Waals surface area contributed by atoms with Gasteiger partial charge in [-0.2, -0.15) is 0 Å². The van der Waals surface area contributed by atoms with Gasteiger partial charge in [0.2, 0.25) is 10.0 Å². The lowest BCUT2D eigenvalue weighted by molar-refractivity contribution is 0.0691. The molecule has 5 nitrogen and oxygen atoms in total. The molecule has 0 fully saturated rings. The number of nitrogens with one attached hydrogen (secondary N) is 1. The zero-order valence-corrected chi connectivity index (χ0v) is 12.8.